The molecular formula is C25H23N3O5S3. The smallest absolute Gasteiger partial charge is 0.313 e. The predicted octanol–water partition coefficient (Wildman–Crippen LogP) is 4.90. The second-order valence-electron chi connectivity index (χ2n) is 7.74. The van der Waals surface area contributed by atoms with E-state index in [4.69, 9.17) is 26.7 Å². The molecule has 0 amide bonds. The molecule has 0 aliphatic rings. The van der Waals surface area contributed by atoms with Crippen LogP contribution in [0.4, 0.5) is 0 Å². The standard InChI is InChI=1S/C25H23N3O5S3/c1-4-33-20(30)13-18(29)14-35-24-26-22-21(23(31)28(24)16-10-8-15(2)9-11-16)36-25(34)27(22)17-6-5-7-19(12-17)32-3/h5-12H,4,13-14H2,1-3H3. The van der Waals surface area contributed by atoms with E-state index >= 15 is 0 Å². The number of hydrogen-bond donors (Lipinski definition) is 0. The molecule has 11 heteroatoms. The Morgan fingerprint density at radius 1 is 1.11 bits per heavy atom. The van der Waals surface area contributed by atoms with Gasteiger partial charge in [0.15, 0.2) is 20.5 Å². The largest absolute Gasteiger partial charge is 0.497 e. The molecule has 4 aromatic rings. The Morgan fingerprint density at radius 2 is 1.86 bits per heavy atom. The molecule has 0 saturated heterocycles. The first-order chi connectivity index (χ1) is 17.3. The monoisotopic (exact) mass is 541 g/mol. The summed E-state index contributed by atoms with van der Waals surface area (Å²) in [5, 5.41) is 0.318. The molecule has 186 valence electrons. The Bertz CT molecular complexity index is 1550. The molecule has 0 N–H and O–H groups in total. The van der Waals surface area contributed by atoms with E-state index in [-0.39, 0.29) is 30.1 Å². The zero-order valence-corrected chi connectivity index (χ0v) is 22.3. The fraction of sp³-hybridized carbons (Fsp3) is 0.240. The average Bonchev–Trinajstić information content (AvgIpc) is 3.20. The number of thiazole rings is 1. The number of ether oxygens (including phenoxy) is 2. The van der Waals surface area contributed by atoms with Crippen molar-refractivity contribution in [1.29, 1.82) is 0 Å². The van der Waals surface area contributed by atoms with Crippen LogP contribution in [0.25, 0.3) is 21.7 Å². The molecule has 0 saturated carbocycles. The molecule has 0 fully saturated rings. The van der Waals surface area contributed by atoms with Crippen molar-refractivity contribution < 1.29 is 19.1 Å². The highest BCUT2D eigenvalue weighted by Gasteiger charge is 2.20. The quantitative estimate of drug-likeness (QED) is 0.0972. The second kappa shape index (κ2) is 11.2. The number of hydrogen-bond acceptors (Lipinski definition) is 9. The normalized spacial score (nSPS) is 11.0. The van der Waals surface area contributed by atoms with E-state index in [1.165, 1.54) is 15.9 Å². The number of ketones is 1. The first kappa shape index (κ1) is 25.8. The minimum Gasteiger partial charge on any atom is -0.497 e. The van der Waals surface area contributed by atoms with Crippen LogP contribution in [0.3, 0.4) is 0 Å². The van der Waals surface area contributed by atoms with E-state index in [1.54, 1.807) is 18.6 Å². The third-order valence-electron chi connectivity index (χ3n) is 5.19. The van der Waals surface area contributed by atoms with Gasteiger partial charge in [-0.3, -0.25) is 23.5 Å². The van der Waals surface area contributed by atoms with E-state index in [1.807, 2.05) is 55.5 Å². The first-order valence-corrected chi connectivity index (χ1v) is 13.2. The van der Waals surface area contributed by atoms with Gasteiger partial charge in [-0.25, -0.2) is 4.98 Å². The zero-order chi connectivity index (χ0) is 25.8. The maximum absolute atomic E-state index is 13.7. The topological polar surface area (TPSA) is 92.4 Å². The molecule has 4 rings (SSSR count). The maximum atomic E-state index is 13.7. The Morgan fingerprint density at radius 3 is 2.56 bits per heavy atom. The zero-order valence-electron chi connectivity index (χ0n) is 19.8. The number of fused-ring (bicyclic) bond motifs is 1. The van der Waals surface area contributed by atoms with Crippen molar-refractivity contribution >= 4 is 57.4 Å². The van der Waals surface area contributed by atoms with Gasteiger partial charge in [0.1, 0.15) is 16.9 Å². The maximum Gasteiger partial charge on any atom is 0.313 e. The highest BCUT2D eigenvalue weighted by molar-refractivity contribution is 7.99. The number of carbonyl (C=O) groups excluding carboxylic acids is 2. The van der Waals surface area contributed by atoms with Gasteiger partial charge in [-0.1, -0.05) is 46.9 Å². The molecule has 0 unspecified atom stereocenters. The lowest BCUT2D eigenvalue weighted by atomic mass is 10.2. The van der Waals surface area contributed by atoms with Crippen LogP contribution in [0.1, 0.15) is 18.9 Å². The third kappa shape index (κ3) is 5.43. The van der Waals surface area contributed by atoms with Crippen LogP contribution in [0.5, 0.6) is 5.75 Å². The number of rotatable bonds is 9. The first-order valence-electron chi connectivity index (χ1n) is 11.0. The molecule has 0 aliphatic carbocycles. The molecule has 2 aromatic heterocycles. The molecule has 2 aromatic carbocycles. The van der Waals surface area contributed by atoms with Gasteiger partial charge in [0.25, 0.3) is 5.56 Å². The number of esters is 1. The van der Waals surface area contributed by atoms with Crippen LogP contribution in [-0.4, -0.2) is 45.3 Å². The Labute approximate surface area is 220 Å². The fourth-order valence-electron chi connectivity index (χ4n) is 3.50. The molecule has 36 heavy (non-hydrogen) atoms. The van der Waals surface area contributed by atoms with E-state index < -0.39 is 5.97 Å². The van der Waals surface area contributed by atoms with E-state index in [9.17, 15) is 14.4 Å². The van der Waals surface area contributed by atoms with Crippen molar-refractivity contribution in [3.63, 3.8) is 0 Å². The summed E-state index contributed by atoms with van der Waals surface area (Å²) in [6.07, 6.45) is -0.337. The van der Waals surface area contributed by atoms with Crippen LogP contribution in [0.2, 0.25) is 0 Å². The molecule has 0 aliphatic heterocycles. The van der Waals surface area contributed by atoms with Crippen molar-refractivity contribution in [1.82, 2.24) is 14.1 Å². The number of benzene rings is 2. The number of aryl methyl sites for hydroxylation is 1. The number of aromatic nitrogens is 3. The Kier molecular flexibility index (Phi) is 8.02. The lowest BCUT2D eigenvalue weighted by Gasteiger charge is -2.13. The summed E-state index contributed by atoms with van der Waals surface area (Å²) < 4.78 is 14.3. The van der Waals surface area contributed by atoms with Crippen LogP contribution < -0.4 is 10.3 Å². The highest BCUT2D eigenvalue weighted by atomic mass is 32.2. The van der Waals surface area contributed by atoms with Gasteiger partial charge >= 0.3 is 5.97 Å². The van der Waals surface area contributed by atoms with Gasteiger partial charge < -0.3 is 9.47 Å². The Hall–Kier alpha value is -3.28. The Balaban J connectivity index is 1.85. The second-order valence-corrected chi connectivity index (χ2v) is 10.3. The average molecular weight is 542 g/mol. The summed E-state index contributed by atoms with van der Waals surface area (Å²) in [5.41, 5.74) is 2.47. The molecule has 0 radical (unpaired) electrons. The summed E-state index contributed by atoms with van der Waals surface area (Å²) in [6.45, 7) is 3.84. The summed E-state index contributed by atoms with van der Waals surface area (Å²) in [5.74, 6) is -0.307. The number of methoxy groups -OCH3 is 1. The van der Waals surface area contributed by atoms with E-state index in [0.29, 0.717) is 36.6 Å². The van der Waals surface area contributed by atoms with Gasteiger partial charge in [0.2, 0.25) is 0 Å². The fourth-order valence-corrected chi connectivity index (χ4v) is 5.67. The third-order valence-corrected chi connectivity index (χ3v) is 7.54. The van der Waals surface area contributed by atoms with Gasteiger partial charge in [-0.2, -0.15) is 0 Å². The number of Topliss-reactive ketones (excluding diaryl/α,β-unsaturated/α-hetero) is 1. The minimum atomic E-state index is -0.577. The van der Waals surface area contributed by atoms with Crippen molar-refractivity contribution in [2.75, 3.05) is 19.5 Å². The van der Waals surface area contributed by atoms with E-state index in [2.05, 4.69) is 0 Å². The van der Waals surface area contributed by atoms with Crippen LogP contribution in [0, 0.1) is 10.9 Å². The van der Waals surface area contributed by atoms with Crippen LogP contribution in [-0.2, 0) is 14.3 Å². The highest BCUT2D eigenvalue weighted by Crippen LogP contribution is 2.29. The molecule has 0 spiro atoms. The van der Waals surface area contributed by atoms with Crippen molar-refractivity contribution in [3.8, 4) is 17.1 Å². The lowest BCUT2D eigenvalue weighted by molar-refractivity contribution is -0.145. The lowest BCUT2D eigenvalue weighted by Crippen LogP contribution is -2.22. The molecule has 2 heterocycles. The SMILES string of the molecule is CCOC(=O)CC(=O)CSc1nc2c(sc(=S)n2-c2cccc(OC)c2)c(=O)n1-c1ccc(C)cc1. The van der Waals surface area contributed by atoms with Crippen molar-refractivity contribution in [3.05, 3.63) is 68.4 Å². The summed E-state index contributed by atoms with van der Waals surface area (Å²) >= 11 is 7.88. The number of thioether (sulfide) groups is 1. The summed E-state index contributed by atoms with van der Waals surface area (Å²) in [7, 11) is 1.57. The van der Waals surface area contributed by atoms with Gasteiger partial charge in [0.05, 0.1) is 30.8 Å². The molecule has 0 atom stereocenters. The van der Waals surface area contributed by atoms with Crippen molar-refractivity contribution in [2.45, 2.75) is 25.4 Å². The molecular weight excluding hydrogens is 518 g/mol. The number of nitrogens with zero attached hydrogens (tertiary/aromatic N) is 3. The summed E-state index contributed by atoms with van der Waals surface area (Å²) in [4.78, 5) is 42.7. The van der Waals surface area contributed by atoms with Gasteiger partial charge in [0, 0.05) is 6.07 Å². The van der Waals surface area contributed by atoms with Crippen LogP contribution in [0.15, 0.2) is 58.5 Å². The van der Waals surface area contributed by atoms with Crippen molar-refractivity contribution in [2.24, 2.45) is 0 Å². The van der Waals surface area contributed by atoms with E-state index in [0.717, 1.165) is 17.3 Å². The van der Waals surface area contributed by atoms with Crippen LogP contribution >= 0.6 is 35.3 Å². The van der Waals surface area contributed by atoms with Gasteiger partial charge in [-0.15, -0.1) is 0 Å². The molecule has 8 nitrogen and oxygen atoms in total. The minimum absolute atomic E-state index is 0.0490. The number of carbonyl (C=O) groups is 2. The predicted molar refractivity (Wildman–Crippen MR) is 144 cm³/mol. The van der Waals surface area contributed by atoms with Gasteiger partial charge in [-0.05, 0) is 50.3 Å². The molecule has 0 bridgehead atoms. The summed E-state index contributed by atoms with van der Waals surface area (Å²) in [6, 6.07) is 14.8.